The van der Waals surface area contributed by atoms with E-state index in [4.69, 9.17) is 5.11 Å². The van der Waals surface area contributed by atoms with Crippen molar-refractivity contribution in [2.24, 2.45) is 0 Å². The molecule has 0 aliphatic heterocycles. The number of aliphatic hydroxyl groups excluding tert-OH is 1. The Hall–Kier alpha value is -1.49. The molecule has 0 aliphatic carbocycles. The normalized spacial score (nSPS) is 10.7. The fraction of sp³-hybridized carbons (Fsp3) is 0.583. The number of aromatic nitrogens is 2. The summed E-state index contributed by atoms with van der Waals surface area (Å²) in [6.07, 6.45) is 0. The second-order valence-electron chi connectivity index (χ2n) is 4.30. The summed E-state index contributed by atoms with van der Waals surface area (Å²) in [7, 11) is 0. The summed E-state index contributed by atoms with van der Waals surface area (Å²) in [6, 6.07) is 1.78. The van der Waals surface area contributed by atoms with Crippen LogP contribution in [0.3, 0.4) is 0 Å². The maximum Gasteiger partial charge on any atom is 0.256 e. The summed E-state index contributed by atoms with van der Waals surface area (Å²) < 4.78 is 0. The molecule has 0 unspecified atom stereocenters. The maximum absolute atomic E-state index is 12.3. The Morgan fingerprint density at radius 2 is 2.06 bits per heavy atom. The zero-order valence-electron chi connectivity index (χ0n) is 10.8. The van der Waals surface area contributed by atoms with Gasteiger partial charge in [0.1, 0.15) is 0 Å². The smallest absolute Gasteiger partial charge is 0.256 e. The van der Waals surface area contributed by atoms with E-state index in [-0.39, 0.29) is 18.6 Å². The van der Waals surface area contributed by atoms with Crippen molar-refractivity contribution >= 4 is 5.91 Å². The van der Waals surface area contributed by atoms with E-state index in [9.17, 15) is 4.79 Å². The molecular weight excluding hydrogens is 218 g/mol. The number of aliphatic hydroxyl groups is 1. The highest BCUT2D eigenvalue weighted by Crippen LogP contribution is 2.11. The van der Waals surface area contributed by atoms with Crippen LogP contribution >= 0.6 is 0 Å². The molecule has 0 spiro atoms. The molecule has 0 bridgehead atoms. The van der Waals surface area contributed by atoms with Gasteiger partial charge in [0.15, 0.2) is 0 Å². The standard InChI is InChI=1S/C12H19N3O2/c1-8(2)15(5-6-16)12(17)11-7-9(3)13-14-10(11)4/h7-8,16H,5-6H2,1-4H3. The molecule has 0 aromatic carbocycles. The maximum atomic E-state index is 12.3. The van der Waals surface area contributed by atoms with Gasteiger partial charge < -0.3 is 10.0 Å². The summed E-state index contributed by atoms with van der Waals surface area (Å²) in [5.74, 6) is -0.107. The van der Waals surface area contributed by atoms with Crippen molar-refractivity contribution in [3.63, 3.8) is 0 Å². The third-order valence-electron chi connectivity index (χ3n) is 2.56. The minimum atomic E-state index is -0.107. The molecule has 1 aromatic heterocycles. The van der Waals surface area contributed by atoms with Crippen LogP contribution in [0, 0.1) is 13.8 Å². The molecular formula is C12H19N3O2. The van der Waals surface area contributed by atoms with Crippen LogP contribution in [0.4, 0.5) is 0 Å². The molecule has 17 heavy (non-hydrogen) atoms. The summed E-state index contributed by atoms with van der Waals surface area (Å²) in [4.78, 5) is 13.9. The van der Waals surface area contributed by atoms with E-state index in [1.54, 1.807) is 24.8 Å². The first-order valence-corrected chi connectivity index (χ1v) is 5.70. The first-order valence-electron chi connectivity index (χ1n) is 5.70. The molecule has 1 aromatic rings. The number of carbonyl (C=O) groups is 1. The largest absolute Gasteiger partial charge is 0.395 e. The molecule has 5 heteroatoms. The Morgan fingerprint density at radius 1 is 1.41 bits per heavy atom. The number of aryl methyl sites for hydroxylation is 2. The number of carbonyl (C=O) groups excluding carboxylic acids is 1. The van der Waals surface area contributed by atoms with E-state index in [0.717, 1.165) is 0 Å². The lowest BCUT2D eigenvalue weighted by Crippen LogP contribution is -2.39. The quantitative estimate of drug-likeness (QED) is 0.846. The molecule has 1 N–H and O–H groups in total. The molecule has 1 amide bonds. The average molecular weight is 237 g/mol. The van der Waals surface area contributed by atoms with Crippen LogP contribution < -0.4 is 0 Å². The van der Waals surface area contributed by atoms with Gasteiger partial charge in [-0.1, -0.05) is 0 Å². The van der Waals surface area contributed by atoms with Crippen LogP contribution in [0.1, 0.15) is 35.6 Å². The van der Waals surface area contributed by atoms with E-state index in [1.807, 2.05) is 13.8 Å². The summed E-state index contributed by atoms with van der Waals surface area (Å²) >= 11 is 0. The number of hydrogen-bond donors (Lipinski definition) is 1. The first-order chi connectivity index (χ1) is 7.97. The van der Waals surface area contributed by atoms with Gasteiger partial charge in [0.05, 0.1) is 23.6 Å². The van der Waals surface area contributed by atoms with Crippen molar-refractivity contribution in [2.45, 2.75) is 33.7 Å². The van der Waals surface area contributed by atoms with Gasteiger partial charge in [-0.3, -0.25) is 4.79 Å². The predicted octanol–water partition coefficient (Wildman–Crippen LogP) is 0.936. The fourth-order valence-corrected chi connectivity index (χ4v) is 1.62. The monoisotopic (exact) mass is 237 g/mol. The molecule has 0 aliphatic rings. The molecule has 1 rings (SSSR count). The second-order valence-corrected chi connectivity index (χ2v) is 4.30. The van der Waals surface area contributed by atoms with E-state index < -0.39 is 0 Å². The Morgan fingerprint density at radius 3 is 2.59 bits per heavy atom. The van der Waals surface area contributed by atoms with E-state index in [1.165, 1.54) is 0 Å². The molecule has 5 nitrogen and oxygen atoms in total. The first kappa shape index (κ1) is 13.6. The minimum Gasteiger partial charge on any atom is -0.395 e. The van der Waals surface area contributed by atoms with E-state index >= 15 is 0 Å². The topological polar surface area (TPSA) is 66.3 Å². The van der Waals surface area contributed by atoms with Crippen LogP contribution in [0.15, 0.2) is 6.07 Å². The van der Waals surface area contributed by atoms with E-state index in [0.29, 0.717) is 23.5 Å². The van der Waals surface area contributed by atoms with Crippen LogP contribution in [-0.4, -0.2) is 45.3 Å². The Bertz CT molecular complexity index is 405. The number of amides is 1. The van der Waals surface area contributed by atoms with E-state index in [2.05, 4.69) is 10.2 Å². The molecule has 0 atom stereocenters. The molecule has 1 heterocycles. The third-order valence-corrected chi connectivity index (χ3v) is 2.56. The highest BCUT2D eigenvalue weighted by Gasteiger charge is 2.20. The van der Waals surface area contributed by atoms with Crippen molar-refractivity contribution in [3.8, 4) is 0 Å². The van der Waals surface area contributed by atoms with Crippen molar-refractivity contribution in [1.82, 2.24) is 15.1 Å². The summed E-state index contributed by atoms with van der Waals surface area (Å²) in [6.45, 7) is 7.69. The SMILES string of the molecule is Cc1cc(C(=O)N(CCO)C(C)C)c(C)nn1. The highest BCUT2D eigenvalue weighted by molar-refractivity contribution is 5.95. The summed E-state index contributed by atoms with van der Waals surface area (Å²) in [5.41, 5.74) is 1.88. The van der Waals surface area contributed by atoms with Crippen LogP contribution in [0.2, 0.25) is 0 Å². The van der Waals surface area contributed by atoms with Gasteiger partial charge >= 0.3 is 0 Å². The summed E-state index contributed by atoms with van der Waals surface area (Å²) in [5, 5.41) is 16.8. The van der Waals surface area contributed by atoms with Crippen LogP contribution in [-0.2, 0) is 0 Å². The Balaban J connectivity index is 3.04. The fourth-order valence-electron chi connectivity index (χ4n) is 1.62. The van der Waals surface area contributed by atoms with Crippen molar-refractivity contribution in [3.05, 3.63) is 23.0 Å². The van der Waals surface area contributed by atoms with Crippen LogP contribution in [0.25, 0.3) is 0 Å². The predicted molar refractivity (Wildman–Crippen MR) is 64.8 cm³/mol. The van der Waals surface area contributed by atoms with Crippen molar-refractivity contribution < 1.29 is 9.90 Å². The minimum absolute atomic E-state index is 0.0412. The zero-order valence-corrected chi connectivity index (χ0v) is 10.8. The number of rotatable bonds is 4. The molecule has 0 radical (unpaired) electrons. The lowest BCUT2D eigenvalue weighted by Gasteiger charge is -2.26. The van der Waals surface area contributed by atoms with Gasteiger partial charge in [-0.25, -0.2) is 0 Å². The Labute approximate surface area is 101 Å². The molecule has 0 fully saturated rings. The molecule has 0 saturated heterocycles. The van der Waals surface area contributed by atoms with Gasteiger partial charge in [0.25, 0.3) is 5.91 Å². The zero-order chi connectivity index (χ0) is 13.0. The van der Waals surface area contributed by atoms with Gasteiger partial charge in [-0.2, -0.15) is 10.2 Å². The van der Waals surface area contributed by atoms with Crippen molar-refractivity contribution in [2.75, 3.05) is 13.2 Å². The van der Waals surface area contributed by atoms with Gasteiger partial charge in [0, 0.05) is 12.6 Å². The van der Waals surface area contributed by atoms with Gasteiger partial charge in [-0.05, 0) is 33.8 Å². The molecule has 94 valence electrons. The number of nitrogens with zero attached hydrogens (tertiary/aromatic N) is 3. The highest BCUT2D eigenvalue weighted by atomic mass is 16.3. The van der Waals surface area contributed by atoms with Gasteiger partial charge in [0.2, 0.25) is 0 Å². The average Bonchev–Trinajstić information content (AvgIpc) is 2.28. The van der Waals surface area contributed by atoms with Gasteiger partial charge in [-0.15, -0.1) is 0 Å². The van der Waals surface area contributed by atoms with Crippen molar-refractivity contribution in [1.29, 1.82) is 0 Å². The Kier molecular flexibility index (Phi) is 4.57. The third kappa shape index (κ3) is 3.23. The second kappa shape index (κ2) is 5.72. The molecule has 0 saturated carbocycles. The number of hydrogen-bond acceptors (Lipinski definition) is 4. The lowest BCUT2D eigenvalue weighted by molar-refractivity contribution is 0.0663. The lowest BCUT2D eigenvalue weighted by atomic mass is 10.1. The van der Waals surface area contributed by atoms with Crippen LogP contribution in [0.5, 0.6) is 0 Å².